The number of amides is 1. The summed E-state index contributed by atoms with van der Waals surface area (Å²) in [6.45, 7) is 1.09. The number of carbonyl (C=O) groups excluding carboxylic acids is 1. The Morgan fingerprint density at radius 1 is 1.00 bits per heavy atom. The zero-order valence-electron chi connectivity index (χ0n) is 17.1. The molecular weight excluding hydrogens is 468 g/mol. The van der Waals surface area contributed by atoms with Crippen LogP contribution in [0.4, 0.5) is 5.82 Å². The number of thioether (sulfide) groups is 1. The van der Waals surface area contributed by atoms with Gasteiger partial charge in [0.2, 0.25) is 10.0 Å². The van der Waals surface area contributed by atoms with Gasteiger partial charge >= 0.3 is 0 Å². The van der Waals surface area contributed by atoms with Gasteiger partial charge in [0.15, 0.2) is 0 Å². The first-order valence-corrected chi connectivity index (χ1v) is 13.3. The average Bonchev–Trinajstić information content (AvgIpc) is 3.54. The second-order valence-corrected chi connectivity index (χ2v) is 11.1. The van der Waals surface area contributed by atoms with Crippen LogP contribution in [0.5, 0.6) is 0 Å². The predicted molar refractivity (Wildman–Crippen MR) is 126 cm³/mol. The van der Waals surface area contributed by atoms with Gasteiger partial charge in [0.05, 0.1) is 16.3 Å². The highest BCUT2D eigenvalue weighted by molar-refractivity contribution is 7.98. The van der Waals surface area contributed by atoms with Gasteiger partial charge in [0, 0.05) is 40.7 Å². The molecule has 2 aliphatic heterocycles. The molecule has 3 aromatic rings. The van der Waals surface area contributed by atoms with Crippen LogP contribution < -0.4 is 5.32 Å². The largest absolute Gasteiger partial charge is 0.306 e. The van der Waals surface area contributed by atoms with Crippen LogP contribution in [0.3, 0.4) is 0 Å². The molecule has 1 N–H and O–H groups in total. The number of hydrogen-bond acceptors (Lipinski definition) is 5. The highest BCUT2D eigenvalue weighted by Crippen LogP contribution is 2.36. The molecule has 0 atom stereocenters. The van der Waals surface area contributed by atoms with E-state index < -0.39 is 10.0 Å². The lowest BCUT2D eigenvalue weighted by Gasteiger charge is -2.15. The van der Waals surface area contributed by atoms with Crippen LogP contribution in [0.2, 0.25) is 5.02 Å². The topological polar surface area (TPSA) is 84.3 Å². The minimum atomic E-state index is -3.51. The van der Waals surface area contributed by atoms with E-state index in [1.54, 1.807) is 40.7 Å². The second kappa shape index (κ2) is 8.55. The number of carbonyl (C=O) groups is 1. The zero-order valence-corrected chi connectivity index (χ0v) is 19.5. The van der Waals surface area contributed by atoms with Gasteiger partial charge in [-0.05, 0) is 61.4 Å². The second-order valence-electron chi connectivity index (χ2n) is 7.74. The fourth-order valence-corrected chi connectivity index (χ4v) is 6.62. The minimum Gasteiger partial charge on any atom is -0.306 e. The van der Waals surface area contributed by atoms with Crippen molar-refractivity contribution < 1.29 is 13.2 Å². The van der Waals surface area contributed by atoms with Gasteiger partial charge in [-0.25, -0.2) is 13.1 Å². The highest BCUT2D eigenvalue weighted by atomic mass is 35.5. The summed E-state index contributed by atoms with van der Waals surface area (Å²) in [7, 11) is -3.51. The number of sulfonamides is 1. The summed E-state index contributed by atoms with van der Waals surface area (Å²) in [6, 6.07) is 13.4. The first-order valence-electron chi connectivity index (χ1n) is 10.3. The van der Waals surface area contributed by atoms with Crippen LogP contribution in [0.1, 0.15) is 34.5 Å². The van der Waals surface area contributed by atoms with E-state index in [-0.39, 0.29) is 10.8 Å². The van der Waals surface area contributed by atoms with Crippen molar-refractivity contribution in [2.75, 3.05) is 18.4 Å². The van der Waals surface area contributed by atoms with Crippen molar-refractivity contribution in [3.05, 3.63) is 70.4 Å². The van der Waals surface area contributed by atoms with Gasteiger partial charge in [0.25, 0.3) is 5.91 Å². The van der Waals surface area contributed by atoms with Gasteiger partial charge in [-0.3, -0.25) is 4.79 Å². The highest BCUT2D eigenvalue weighted by Gasteiger charge is 2.28. The van der Waals surface area contributed by atoms with E-state index in [1.807, 2.05) is 12.1 Å². The van der Waals surface area contributed by atoms with Gasteiger partial charge in [-0.15, -0.1) is 0 Å². The smallest absolute Gasteiger partial charge is 0.256 e. The molecule has 5 rings (SSSR count). The Labute approximate surface area is 195 Å². The van der Waals surface area contributed by atoms with E-state index in [1.165, 1.54) is 16.4 Å². The van der Waals surface area contributed by atoms with Crippen molar-refractivity contribution in [1.29, 1.82) is 0 Å². The molecule has 166 valence electrons. The molecule has 0 aliphatic carbocycles. The third kappa shape index (κ3) is 3.94. The van der Waals surface area contributed by atoms with E-state index in [0.717, 1.165) is 41.3 Å². The Morgan fingerprint density at radius 3 is 2.38 bits per heavy atom. The third-order valence-corrected chi connectivity index (χ3v) is 8.81. The summed E-state index contributed by atoms with van der Waals surface area (Å²) in [4.78, 5) is 13.2. The molecule has 0 bridgehead atoms. The van der Waals surface area contributed by atoms with Crippen LogP contribution in [-0.2, 0) is 21.5 Å². The predicted octanol–water partition coefficient (Wildman–Crippen LogP) is 4.31. The number of anilines is 1. The van der Waals surface area contributed by atoms with E-state index in [0.29, 0.717) is 29.5 Å². The van der Waals surface area contributed by atoms with Crippen molar-refractivity contribution in [2.24, 2.45) is 0 Å². The standard InChI is InChI=1S/C22H21ClN4O3S2/c23-16-5-7-17(8-6-16)27-21(19-13-31-14-20(19)25-27)24-22(28)15-3-9-18(10-4-15)32(29,30)26-11-1-2-12-26/h3-10H,1-2,11-14H2,(H,24,28). The number of rotatable bonds is 5. The fraction of sp³-hybridized carbons (Fsp3) is 0.273. The third-order valence-electron chi connectivity index (χ3n) is 5.67. The van der Waals surface area contributed by atoms with Crippen molar-refractivity contribution in [2.45, 2.75) is 29.2 Å². The Bertz CT molecular complexity index is 1270. The first-order chi connectivity index (χ1) is 15.4. The molecule has 1 saturated heterocycles. The Morgan fingerprint density at radius 2 is 1.69 bits per heavy atom. The SMILES string of the molecule is O=C(Nc1c2c(nn1-c1ccc(Cl)cc1)CSC2)c1ccc(S(=O)(=O)N2CCCC2)cc1. The molecule has 1 fully saturated rings. The van der Waals surface area contributed by atoms with Crippen LogP contribution in [0.25, 0.3) is 5.69 Å². The summed E-state index contributed by atoms with van der Waals surface area (Å²) < 4.78 is 28.7. The summed E-state index contributed by atoms with van der Waals surface area (Å²) in [5, 5.41) is 8.29. The summed E-state index contributed by atoms with van der Waals surface area (Å²) >= 11 is 7.77. The molecule has 7 nitrogen and oxygen atoms in total. The average molecular weight is 489 g/mol. The number of halogens is 1. The summed E-state index contributed by atoms with van der Waals surface area (Å²) in [6.07, 6.45) is 1.76. The van der Waals surface area contributed by atoms with Crippen molar-refractivity contribution in [3.8, 4) is 5.69 Å². The van der Waals surface area contributed by atoms with Crippen LogP contribution >= 0.6 is 23.4 Å². The number of fused-ring (bicyclic) bond motifs is 1. The molecule has 0 radical (unpaired) electrons. The Kier molecular flexibility index (Phi) is 5.75. The number of nitrogens with one attached hydrogen (secondary N) is 1. The zero-order chi connectivity index (χ0) is 22.3. The Hall–Kier alpha value is -2.33. The van der Waals surface area contributed by atoms with Gasteiger partial charge in [-0.2, -0.15) is 21.2 Å². The minimum absolute atomic E-state index is 0.208. The molecule has 0 saturated carbocycles. The maximum absolute atomic E-state index is 13.0. The first kappa shape index (κ1) is 21.5. The molecule has 3 heterocycles. The van der Waals surface area contributed by atoms with Gasteiger partial charge in [0.1, 0.15) is 5.82 Å². The van der Waals surface area contributed by atoms with Gasteiger partial charge in [-0.1, -0.05) is 11.6 Å². The van der Waals surface area contributed by atoms with Gasteiger partial charge < -0.3 is 5.32 Å². The molecule has 1 amide bonds. The lowest BCUT2D eigenvalue weighted by atomic mass is 10.2. The molecule has 0 spiro atoms. The molecular formula is C22H21ClN4O3S2. The lowest BCUT2D eigenvalue weighted by molar-refractivity contribution is 0.102. The van der Waals surface area contributed by atoms with E-state index in [2.05, 4.69) is 10.4 Å². The lowest BCUT2D eigenvalue weighted by Crippen LogP contribution is -2.27. The monoisotopic (exact) mass is 488 g/mol. The number of aromatic nitrogens is 2. The molecule has 10 heteroatoms. The van der Waals surface area contributed by atoms with Crippen molar-refractivity contribution in [1.82, 2.24) is 14.1 Å². The van der Waals surface area contributed by atoms with Crippen molar-refractivity contribution >= 4 is 45.1 Å². The molecule has 2 aliphatic rings. The Balaban J connectivity index is 1.41. The molecule has 2 aromatic carbocycles. The number of hydrogen-bond donors (Lipinski definition) is 1. The normalized spacial score (nSPS) is 16.3. The van der Waals surface area contributed by atoms with E-state index in [9.17, 15) is 13.2 Å². The van der Waals surface area contributed by atoms with E-state index >= 15 is 0 Å². The quantitative estimate of drug-likeness (QED) is 0.578. The van der Waals surface area contributed by atoms with Crippen molar-refractivity contribution in [3.63, 3.8) is 0 Å². The van der Waals surface area contributed by atoms with E-state index in [4.69, 9.17) is 11.6 Å². The van der Waals surface area contributed by atoms with Crippen LogP contribution in [0, 0.1) is 0 Å². The van der Waals surface area contributed by atoms with Crippen LogP contribution in [0.15, 0.2) is 53.4 Å². The number of benzene rings is 2. The molecule has 32 heavy (non-hydrogen) atoms. The summed E-state index contributed by atoms with van der Waals surface area (Å²) in [5.41, 5.74) is 3.14. The number of nitrogens with zero attached hydrogens (tertiary/aromatic N) is 3. The maximum Gasteiger partial charge on any atom is 0.256 e. The molecule has 0 unspecified atom stereocenters. The van der Waals surface area contributed by atoms with Crippen LogP contribution in [-0.4, -0.2) is 41.5 Å². The molecule has 1 aromatic heterocycles. The maximum atomic E-state index is 13.0. The fourth-order valence-electron chi connectivity index (χ4n) is 3.95. The summed E-state index contributed by atoms with van der Waals surface area (Å²) in [5.74, 6) is 1.88.